The summed E-state index contributed by atoms with van der Waals surface area (Å²) in [5.41, 5.74) is 0.403. The van der Waals surface area contributed by atoms with E-state index in [1.165, 1.54) is 0 Å². The van der Waals surface area contributed by atoms with Gasteiger partial charge in [0.15, 0.2) is 0 Å². The first kappa shape index (κ1) is 20.9. The van der Waals surface area contributed by atoms with Gasteiger partial charge in [0.05, 0.1) is 12.2 Å². The number of aliphatic hydroxyl groups excluding tert-OH is 2. The van der Waals surface area contributed by atoms with Crippen LogP contribution >= 0.6 is 0 Å². The van der Waals surface area contributed by atoms with Gasteiger partial charge in [-0.3, -0.25) is 4.90 Å². The molecular weight excluding hydrogens is 288 g/mol. The molecule has 138 valence electrons. The maximum atomic E-state index is 9.67. The van der Waals surface area contributed by atoms with Crippen LogP contribution in [0.3, 0.4) is 0 Å². The first-order valence-corrected chi connectivity index (χ1v) is 9.03. The summed E-state index contributed by atoms with van der Waals surface area (Å²) in [5, 5.41) is 19.3. The summed E-state index contributed by atoms with van der Waals surface area (Å²) in [6.07, 6.45) is 2.44. The minimum atomic E-state index is -0.133. The van der Waals surface area contributed by atoms with E-state index >= 15 is 0 Å². The molecule has 2 heterocycles. The monoisotopic (exact) mass is 328 g/mol. The molecule has 2 unspecified atom stereocenters. The second-order valence-electron chi connectivity index (χ2n) is 9.47. The van der Waals surface area contributed by atoms with Crippen LogP contribution in [0.4, 0.5) is 0 Å². The van der Waals surface area contributed by atoms with Gasteiger partial charge in [0.2, 0.25) is 0 Å². The summed E-state index contributed by atoms with van der Waals surface area (Å²) in [4.78, 5) is 4.69. The molecule has 2 N–H and O–H groups in total. The highest BCUT2D eigenvalue weighted by molar-refractivity contribution is 4.98. The molecule has 0 saturated carbocycles. The minimum Gasteiger partial charge on any atom is -0.393 e. The molecule has 2 aliphatic heterocycles. The van der Waals surface area contributed by atoms with Crippen molar-refractivity contribution in [2.75, 3.05) is 20.6 Å². The van der Waals surface area contributed by atoms with E-state index < -0.39 is 0 Å². The fraction of sp³-hybridized carbons (Fsp3) is 1.00. The van der Waals surface area contributed by atoms with Gasteiger partial charge in [-0.25, -0.2) is 0 Å². The van der Waals surface area contributed by atoms with Crippen molar-refractivity contribution < 1.29 is 10.2 Å². The summed E-state index contributed by atoms with van der Waals surface area (Å²) >= 11 is 0. The molecular formula is C19H40N2O2. The third-order valence-electron chi connectivity index (χ3n) is 6.72. The van der Waals surface area contributed by atoms with Gasteiger partial charge in [-0.15, -0.1) is 0 Å². The summed E-state index contributed by atoms with van der Waals surface area (Å²) in [6, 6.07) is 0. The molecule has 0 aromatic carbocycles. The predicted octanol–water partition coefficient (Wildman–Crippen LogP) is 2.73. The van der Waals surface area contributed by atoms with Crippen LogP contribution in [-0.4, -0.2) is 69.5 Å². The Bertz CT molecular complexity index is 375. The third-order valence-corrected chi connectivity index (χ3v) is 6.72. The van der Waals surface area contributed by atoms with E-state index in [4.69, 9.17) is 0 Å². The van der Waals surface area contributed by atoms with Crippen LogP contribution in [0.2, 0.25) is 0 Å². The van der Waals surface area contributed by atoms with Gasteiger partial charge < -0.3 is 15.1 Å². The number of aliphatic hydroxyl groups is 2. The molecule has 2 rings (SSSR count). The second kappa shape index (κ2) is 6.99. The lowest BCUT2D eigenvalue weighted by Crippen LogP contribution is -2.59. The highest BCUT2D eigenvalue weighted by atomic mass is 16.3. The zero-order chi connectivity index (χ0) is 18.2. The fourth-order valence-corrected chi connectivity index (χ4v) is 4.00. The summed E-state index contributed by atoms with van der Waals surface area (Å²) in [7, 11) is 4.27. The number of hydrogen-bond donors (Lipinski definition) is 2. The van der Waals surface area contributed by atoms with E-state index in [0.717, 1.165) is 25.8 Å². The van der Waals surface area contributed by atoms with Gasteiger partial charge in [0, 0.05) is 23.2 Å². The molecule has 0 bridgehead atoms. The van der Waals surface area contributed by atoms with Crippen LogP contribution in [0, 0.1) is 5.92 Å². The molecule has 0 aromatic rings. The SMILES string of the molecule is CC1C(O)CCN(C)C1(C)C.CN1C(C)(C)CC(O)CC1(C)C. The topological polar surface area (TPSA) is 46.9 Å². The predicted molar refractivity (Wildman–Crippen MR) is 97.7 cm³/mol. The highest BCUT2D eigenvalue weighted by Gasteiger charge is 2.42. The van der Waals surface area contributed by atoms with Crippen molar-refractivity contribution in [1.29, 1.82) is 0 Å². The Balaban J connectivity index is 0.000000231. The zero-order valence-corrected chi connectivity index (χ0v) is 16.8. The molecule has 0 aromatic heterocycles. The molecule has 0 amide bonds. The van der Waals surface area contributed by atoms with Crippen molar-refractivity contribution in [3.63, 3.8) is 0 Å². The molecule has 0 spiro atoms. The van der Waals surface area contributed by atoms with Crippen LogP contribution in [0.5, 0.6) is 0 Å². The maximum Gasteiger partial charge on any atom is 0.0595 e. The lowest BCUT2D eigenvalue weighted by Gasteiger charge is -2.52. The normalized spacial score (nSPS) is 34.6. The summed E-state index contributed by atoms with van der Waals surface area (Å²) in [5.74, 6) is 0.376. The molecule has 2 fully saturated rings. The van der Waals surface area contributed by atoms with Crippen molar-refractivity contribution in [3.8, 4) is 0 Å². The first-order chi connectivity index (χ1) is 10.2. The van der Waals surface area contributed by atoms with Crippen LogP contribution in [0.1, 0.15) is 67.7 Å². The number of nitrogens with zero attached hydrogens (tertiary/aromatic N) is 2. The Morgan fingerprint density at radius 3 is 1.70 bits per heavy atom. The van der Waals surface area contributed by atoms with E-state index in [2.05, 4.69) is 72.4 Å². The number of likely N-dealkylation sites (tertiary alicyclic amines) is 2. The van der Waals surface area contributed by atoms with Crippen LogP contribution in [0.25, 0.3) is 0 Å². The standard InChI is InChI=1S/C10H21NO.C9H19NO/c1-9(2)6-8(12)7-10(3,4)11(9)5;1-7-8(11)5-6-10(4)9(7,2)3/h8,12H,6-7H2,1-5H3;7-8,11H,5-6H2,1-4H3. The molecule has 2 saturated heterocycles. The van der Waals surface area contributed by atoms with Gasteiger partial charge in [-0.05, 0) is 80.8 Å². The molecule has 0 radical (unpaired) electrons. The van der Waals surface area contributed by atoms with E-state index in [9.17, 15) is 10.2 Å². The smallest absolute Gasteiger partial charge is 0.0595 e. The van der Waals surface area contributed by atoms with E-state index in [1.54, 1.807) is 0 Å². The van der Waals surface area contributed by atoms with E-state index in [-0.39, 0.29) is 28.8 Å². The molecule has 2 atom stereocenters. The fourth-order valence-electron chi connectivity index (χ4n) is 4.00. The number of piperidine rings is 2. The Labute approximate surface area is 143 Å². The lowest BCUT2D eigenvalue weighted by atomic mass is 9.79. The average Bonchev–Trinajstić information content (AvgIpc) is 2.38. The van der Waals surface area contributed by atoms with Crippen LogP contribution in [0.15, 0.2) is 0 Å². The van der Waals surface area contributed by atoms with E-state index in [0.29, 0.717) is 5.92 Å². The lowest BCUT2D eigenvalue weighted by molar-refractivity contribution is -0.0641. The Kier molecular flexibility index (Phi) is 6.35. The average molecular weight is 329 g/mol. The molecule has 0 aliphatic carbocycles. The maximum absolute atomic E-state index is 9.67. The highest BCUT2D eigenvalue weighted by Crippen LogP contribution is 2.36. The number of rotatable bonds is 0. The van der Waals surface area contributed by atoms with Crippen molar-refractivity contribution >= 4 is 0 Å². The summed E-state index contributed by atoms with van der Waals surface area (Å²) in [6.45, 7) is 16.3. The largest absolute Gasteiger partial charge is 0.393 e. The number of hydrogen-bond acceptors (Lipinski definition) is 4. The first-order valence-electron chi connectivity index (χ1n) is 9.03. The van der Waals surface area contributed by atoms with Crippen LogP contribution < -0.4 is 0 Å². The van der Waals surface area contributed by atoms with Gasteiger partial charge >= 0.3 is 0 Å². The Morgan fingerprint density at radius 1 is 0.870 bits per heavy atom. The van der Waals surface area contributed by atoms with E-state index in [1.807, 2.05) is 0 Å². The Morgan fingerprint density at radius 2 is 1.30 bits per heavy atom. The van der Waals surface area contributed by atoms with Crippen molar-refractivity contribution in [1.82, 2.24) is 9.80 Å². The van der Waals surface area contributed by atoms with Gasteiger partial charge in [-0.2, -0.15) is 0 Å². The summed E-state index contributed by atoms with van der Waals surface area (Å²) < 4.78 is 0. The third kappa shape index (κ3) is 4.68. The molecule has 4 heteroatoms. The van der Waals surface area contributed by atoms with Gasteiger partial charge in [0.25, 0.3) is 0 Å². The van der Waals surface area contributed by atoms with Crippen molar-refractivity contribution in [2.24, 2.45) is 5.92 Å². The quantitative estimate of drug-likeness (QED) is 0.718. The zero-order valence-electron chi connectivity index (χ0n) is 16.8. The molecule has 4 nitrogen and oxygen atoms in total. The van der Waals surface area contributed by atoms with Crippen LogP contribution in [-0.2, 0) is 0 Å². The van der Waals surface area contributed by atoms with Crippen molar-refractivity contribution in [2.45, 2.75) is 96.6 Å². The Hall–Kier alpha value is -0.160. The second-order valence-corrected chi connectivity index (χ2v) is 9.47. The van der Waals surface area contributed by atoms with Gasteiger partial charge in [0.1, 0.15) is 0 Å². The van der Waals surface area contributed by atoms with Crippen molar-refractivity contribution in [3.05, 3.63) is 0 Å². The molecule has 2 aliphatic rings. The van der Waals surface area contributed by atoms with Gasteiger partial charge in [-0.1, -0.05) is 6.92 Å². The molecule has 23 heavy (non-hydrogen) atoms. The minimum absolute atomic E-state index is 0.110.